The zero-order valence-electron chi connectivity index (χ0n) is 14.3. The van der Waals surface area contributed by atoms with Gasteiger partial charge in [-0.25, -0.2) is 8.42 Å². The molecule has 1 N–H and O–H groups in total. The van der Waals surface area contributed by atoms with Gasteiger partial charge < -0.3 is 14.5 Å². The summed E-state index contributed by atoms with van der Waals surface area (Å²) in [7, 11) is -3.44. The maximum Gasteiger partial charge on any atom is 0.225 e. The number of nitrogens with zero attached hydrogens (tertiary/aromatic N) is 1. The minimum absolute atomic E-state index is 0.0426. The van der Waals surface area contributed by atoms with E-state index >= 15 is 0 Å². The summed E-state index contributed by atoms with van der Waals surface area (Å²) >= 11 is 0. The van der Waals surface area contributed by atoms with E-state index in [9.17, 15) is 13.2 Å². The van der Waals surface area contributed by atoms with Crippen LogP contribution < -0.4 is 10.1 Å². The first-order valence-electron chi connectivity index (χ1n) is 7.88. The molecule has 1 aromatic carbocycles. The molecule has 0 atom stereocenters. The van der Waals surface area contributed by atoms with Crippen LogP contribution in [0.15, 0.2) is 47.1 Å². The molecule has 0 spiro atoms. The molecule has 0 saturated carbocycles. The Balaban J connectivity index is 1.89. The highest BCUT2D eigenvalue weighted by atomic mass is 32.2. The molecule has 1 heterocycles. The fourth-order valence-corrected chi connectivity index (χ4v) is 2.97. The number of furan rings is 1. The average Bonchev–Trinajstić information content (AvgIpc) is 3.05. The molecule has 7 nitrogen and oxygen atoms in total. The van der Waals surface area contributed by atoms with Crippen LogP contribution in [-0.2, 0) is 21.4 Å². The molecule has 136 valence electrons. The number of anilines is 1. The Morgan fingerprint density at radius 2 is 1.96 bits per heavy atom. The van der Waals surface area contributed by atoms with E-state index in [0.29, 0.717) is 18.1 Å². The summed E-state index contributed by atoms with van der Waals surface area (Å²) in [4.78, 5) is 12.1. The Morgan fingerprint density at radius 1 is 1.24 bits per heavy atom. The molecule has 2 rings (SSSR count). The SMILES string of the molecule is CCOc1ccc(NC(=O)CCN(Cc2ccco2)S(C)(=O)=O)cc1. The zero-order valence-corrected chi connectivity index (χ0v) is 15.1. The number of amides is 1. The van der Waals surface area contributed by atoms with Gasteiger partial charge in [-0.3, -0.25) is 4.79 Å². The van der Waals surface area contributed by atoms with Gasteiger partial charge in [0.2, 0.25) is 15.9 Å². The third-order valence-corrected chi connectivity index (χ3v) is 4.67. The quantitative estimate of drug-likeness (QED) is 0.736. The van der Waals surface area contributed by atoms with Gasteiger partial charge >= 0.3 is 0 Å². The summed E-state index contributed by atoms with van der Waals surface area (Å²) in [6.07, 6.45) is 2.63. The first kappa shape index (κ1) is 19.0. The summed E-state index contributed by atoms with van der Waals surface area (Å²) in [6.45, 7) is 2.64. The van der Waals surface area contributed by atoms with E-state index in [0.717, 1.165) is 12.0 Å². The highest BCUT2D eigenvalue weighted by Gasteiger charge is 2.19. The second kappa shape index (κ2) is 8.68. The fourth-order valence-electron chi connectivity index (χ4n) is 2.19. The van der Waals surface area contributed by atoms with Crippen molar-refractivity contribution in [3.63, 3.8) is 0 Å². The molecule has 0 saturated heterocycles. The number of benzene rings is 1. The second-order valence-corrected chi connectivity index (χ2v) is 7.41. The van der Waals surface area contributed by atoms with Crippen LogP contribution in [0.1, 0.15) is 19.1 Å². The van der Waals surface area contributed by atoms with Gasteiger partial charge in [0.25, 0.3) is 0 Å². The minimum atomic E-state index is -3.44. The topological polar surface area (TPSA) is 88.8 Å². The maximum absolute atomic E-state index is 12.1. The Labute approximate surface area is 147 Å². The van der Waals surface area contributed by atoms with Crippen molar-refractivity contribution in [2.24, 2.45) is 0 Å². The van der Waals surface area contributed by atoms with E-state index in [1.54, 1.807) is 36.4 Å². The average molecular weight is 366 g/mol. The van der Waals surface area contributed by atoms with Crippen LogP contribution >= 0.6 is 0 Å². The van der Waals surface area contributed by atoms with Gasteiger partial charge in [0, 0.05) is 18.7 Å². The fraction of sp³-hybridized carbons (Fsp3) is 0.353. The number of sulfonamides is 1. The first-order valence-corrected chi connectivity index (χ1v) is 9.73. The molecule has 25 heavy (non-hydrogen) atoms. The smallest absolute Gasteiger partial charge is 0.225 e. The Kier molecular flexibility index (Phi) is 6.60. The molecule has 2 aromatic rings. The molecular weight excluding hydrogens is 344 g/mol. The third kappa shape index (κ3) is 6.24. The lowest BCUT2D eigenvalue weighted by molar-refractivity contribution is -0.116. The van der Waals surface area contributed by atoms with Crippen molar-refractivity contribution < 1.29 is 22.4 Å². The number of nitrogens with one attached hydrogen (secondary N) is 1. The van der Waals surface area contributed by atoms with E-state index in [1.165, 1.54) is 10.6 Å². The largest absolute Gasteiger partial charge is 0.494 e. The molecule has 0 radical (unpaired) electrons. The lowest BCUT2D eigenvalue weighted by Gasteiger charge is -2.18. The summed E-state index contributed by atoms with van der Waals surface area (Å²) in [6, 6.07) is 10.4. The van der Waals surface area contributed by atoms with Crippen molar-refractivity contribution >= 4 is 21.6 Å². The lowest BCUT2D eigenvalue weighted by Crippen LogP contribution is -2.32. The summed E-state index contributed by atoms with van der Waals surface area (Å²) < 4.78 is 35.5. The predicted octanol–water partition coefficient (Wildman–Crippen LogP) is 2.47. The van der Waals surface area contributed by atoms with Gasteiger partial charge in [0.15, 0.2) is 0 Å². The second-order valence-electron chi connectivity index (χ2n) is 5.43. The first-order chi connectivity index (χ1) is 11.9. The minimum Gasteiger partial charge on any atom is -0.494 e. The van der Waals surface area contributed by atoms with E-state index in [-0.39, 0.29) is 25.4 Å². The normalized spacial score (nSPS) is 11.5. The highest BCUT2D eigenvalue weighted by Crippen LogP contribution is 2.16. The summed E-state index contributed by atoms with van der Waals surface area (Å²) in [5.74, 6) is 0.983. The lowest BCUT2D eigenvalue weighted by atomic mass is 10.3. The standard InChI is InChI=1S/C17H22N2O5S/c1-3-23-15-8-6-14(7-9-15)18-17(20)10-11-19(25(2,21)22)13-16-5-4-12-24-16/h4-9,12H,3,10-11,13H2,1-2H3,(H,18,20). The molecule has 0 fully saturated rings. The van der Waals surface area contributed by atoms with E-state index in [2.05, 4.69) is 5.32 Å². The maximum atomic E-state index is 12.1. The molecule has 0 aliphatic rings. The van der Waals surface area contributed by atoms with Crippen LogP contribution in [0.5, 0.6) is 5.75 Å². The number of carbonyl (C=O) groups is 1. The van der Waals surface area contributed by atoms with Crippen molar-refractivity contribution in [1.29, 1.82) is 0 Å². The van der Waals surface area contributed by atoms with E-state index in [1.807, 2.05) is 6.92 Å². The van der Waals surface area contributed by atoms with Gasteiger partial charge in [-0.1, -0.05) is 0 Å². The molecule has 0 unspecified atom stereocenters. The van der Waals surface area contributed by atoms with Crippen LogP contribution in [0, 0.1) is 0 Å². The molecule has 1 aromatic heterocycles. The van der Waals surface area contributed by atoms with E-state index in [4.69, 9.17) is 9.15 Å². The number of hydrogen-bond donors (Lipinski definition) is 1. The van der Waals surface area contributed by atoms with Crippen LogP contribution in [-0.4, -0.2) is 38.0 Å². The number of carbonyl (C=O) groups excluding carboxylic acids is 1. The van der Waals surface area contributed by atoms with E-state index < -0.39 is 10.0 Å². The predicted molar refractivity (Wildman–Crippen MR) is 94.8 cm³/mol. The van der Waals surface area contributed by atoms with Crippen LogP contribution in [0.25, 0.3) is 0 Å². The van der Waals surface area contributed by atoms with Crippen molar-refractivity contribution in [3.8, 4) is 5.75 Å². The van der Waals surface area contributed by atoms with Crippen molar-refractivity contribution in [1.82, 2.24) is 4.31 Å². The molecule has 0 aliphatic heterocycles. The Morgan fingerprint density at radius 3 is 2.52 bits per heavy atom. The monoisotopic (exact) mass is 366 g/mol. The Hall–Kier alpha value is -2.32. The molecule has 0 bridgehead atoms. The van der Waals surface area contributed by atoms with Gasteiger partial charge in [-0.05, 0) is 43.3 Å². The van der Waals surface area contributed by atoms with Crippen LogP contribution in [0.2, 0.25) is 0 Å². The van der Waals surface area contributed by atoms with Crippen LogP contribution in [0.4, 0.5) is 5.69 Å². The van der Waals surface area contributed by atoms with Gasteiger partial charge in [-0.2, -0.15) is 4.31 Å². The summed E-state index contributed by atoms with van der Waals surface area (Å²) in [5.41, 5.74) is 0.630. The Bertz CT molecular complexity index is 770. The van der Waals surface area contributed by atoms with Gasteiger partial charge in [0.05, 0.1) is 25.7 Å². The van der Waals surface area contributed by atoms with Gasteiger partial charge in [-0.15, -0.1) is 0 Å². The number of rotatable bonds is 9. The molecule has 1 amide bonds. The number of ether oxygens (including phenoxy) is 1. The zero-order chi connectivity index (χ0) is 18.3. The van der Waals surface area contributed by atoms with Gasteiger partial charge in [0.1, 0.15) is 11.5 Å². The summed E-state index contributed by atoms with van der Waals surface area (Å²) in [5, 5.41) is 2.74. The molecule has 8 heteroatoms. The van der Waals surface area contributed by atoms with Crippen molar-refractivity contribution in [3.05, 3.63) is 48.4 Å². The van der Waals surface area contributed by atoms with Crippen molar-refractivity contribution in [2.45, 2.75) is 19.9 Å². The molecular formula is C17H22N2O5S. The van der Waals surface area contributed by atoms with Crippen LogP contribution in [0.3, 0.4) is 0 Å². The molecule has 0 aliphatic carbocycles. The third-order valence-electron chi connectivity index (χ3n) is 3.42. The number of hydrogen-bond acceptors (Lipinski definition) is 5. The van der Waals surface area contributed by atoms with Crippen molar-refractivity contribution in [2.75, 3.05) is 24.7 Å². The highest BCUT2D eigenvalue weighted by molar-refractivity contribution is 7.88.